The number of terminal acetylenes is 1. The van der Waals surface area contributed by atoms with E-state index in [-0.39, 0.29) is 6.10 Å². The zero-order valence-corrected chi connectivity index (χ0v) is 15.8. The van der Waals surface area contributed by atoms with Crippen LogP contribution in [0.1, 0.15) is 18.4 Å². The molecule has 27 heavy (non-hydrogen) atoms. The van der Waals surface area contributed by atoms with E-state index in [1.807, 2.05) is 4.90 Å². The van der Waals surface area contributed by atoms with Crippen LogP contribution in [0.15, 0.2) is 30.5 Å². The van der Waals surface area contributed by atoms with Crippen LogP contribution in [0.2, 0.25) is 10.0 Å². The third kappa shape index (κ3) is 4.57. The highest BCUT2D eigenvalue weighted by Crippen LogP contribution is 2.38. The van der Waals surface area contributed by atoms with E-state index >= 15 is 0 Å². The Morgan fingerprint density at radius 2 is 2.00 bits per heavy atom. The highest BCUT2D eigenvalue weighted by atomic mass is 35.5. The SMILES string of the molecule is C#Cc1ccc(Oc2ccnc(N3CCC(OC(N)=O)CC3)c2Cl)c(Cl)c1. The van der Waals surface area contributed by atoms with Crippen LogP contribution < -0.4 is 15.4 Å². The van der Waals surface area contributed by atoms with Crippen molar-refractivity contribution in [2.45, 2.75) is 18.9 Å². The summed E-state index contributed by atoms with van der Waals surface area (Å²) in [6, 6.07) is 6.75. The number of aromatic nitrogens is 1. The Morgan fingerprint density at radius 3 is 2.63 bits per heavy atom. The van der Waals surface area contributed by atoms with E-state index < -0.39 is 6.09 Å². The standard InChI is InChI=1S/C19H17Cl2N3O3/c1-2-12-3-4-15(14(20)11-12)27-16-5-8-23-18(17(16)21)24-9-6-13(7-10-24)26-19(22)25/h1,3-5,8,11,13H,6-7,9-10H2,(H2,22,25). The maximum Gasteiger partial charge on any atom is 0.404 e. The number of hydrogen-bond donors (Lipinski definition) is 1. The molecule has 0 radical (unpaired) electrons. The molecule has 8 heteroatoms. The lowest BCUT2D eigenvalue weighted by Crippen LogP contribution is -2.39. The number of benzene rings is 1. The highest BCUT2D eigenvalue weighted by molar-refractivity contribution is 6.34. The first-order chi connectivity index (χ1) is 13.0. The number of nitrogens with two attached hydrogens (primary N) is 1. The van der Waals surface area contributed by atoms with Crippen LogP contribution in [0.25, 0.3) is 0 Å². The van der Waals surface area contributed by atoms with Crippen molar-refractivity contribution in [3.8, 4) is 23.8 Å². The number of piperidine rings is 1. The van der Waals surface area contributed by atoms with Gasteiger partial charge in [0.05, 0.1) is 5.02 Å². The molecule has 0 atom stereocenters. The van der Waals surface area contributed by atoms with Crippen LogP contribution in [0, 0.1) is 12.3 Å². The Balaban J connectivity index is 1.75. The van der Waals surface area contributed by atoms with Crippen molar-refractivity contribution in [1.82, 2.24) is 4.98 Å². The van der Waals surface area contributed by atoms with Crippen molar-refractivity contribution in [3.63, 3.8) is 0 Å². The smallest absolute Gasteiger partial charge is 0.404 e. The minimum absolute atomic E-state index is 0.189. The van der Waals surface area contributed by atoms with Gasteiger partial charge in [-0.05, 0) is 18.2 Å². The number of carbonyl (C=O) groups is 1. The Hall–Kier alpha value is -2.62. The normalized spacial score (nSPS) is 14.5. The van der Waals surface area contributed by atoms with E-state index in [9.17, 15) is 4.79 Å². The van der Waals surface area contributed by atoms with E-state index in [1.165, 1.54) is 0 Å². The van der Waals surface area contributed by atoms with Gasteiger partial charge in [-0.15, -0.1) is 6.42 Å². The number of hydrogen-bond acceptors (Lipinski definition) is 5. The first-order valence-corrected chi connectivity index (χ1v) is 9.03. The van der Waals surface area contributed by atoms with Crippen LogP contribution >= 0.6 is 23.2 Å². The number of rotatable bonds is 4. The minimum Gasteiger partial charge on any atom is -0.454 e. The lowest BCUT2D eigenvalue weighted by Gasteiger charge is -2.32. The van der Waals surface area contributed by atoms with E-state index in [1.54, 1.807) is 30.5 Å². The zero-order valence-electron chi connectivity index (χ0n) is 14.3. The fourth-order valence-electron chi connectivity index (χ4n) is 2.86. The number of nitrogens with zero attached hydrogens (tertiary/aromatic N) is 2. The zero-order chi connectivity index (χ0) is 19.4. The van der Waals surface area contributed by atoms with Gasteiger partial charge < -0.3 is 20.1 Å². The number of amides is 1. The van der Waals surface area contributed by atoms with Crippen molar-refractivity contribution in [2.75, 3.05) is 18.0 Å². The number of primary amides is 1. The summed E-state index contributed by atoms with van der Waals surface area (Å²) in [6.07, 6.45) is 7.33. The van der Waals surface area contributed by atoms with Gasteiger partial charge in [0.25, 0.3) is 0 Å². The summed E-state index contributed by atoms with van der Waals surface area (Å²) < 4.78 is 10.9. The second-order valence-electron chi connectivity index (χ2n) is 5.96. The average Bonchev–Trinajstić information content (AvgIpc) is 2.65. The number of anilines is 1. The fourth-order valence-corrected chi connectivity index (χ4v) is 3.35. The predicted octanol–water partition coefficient (Wildman–Crippen LogP) is 4.23. The quantitative estimate of drug-likeness (QED) is 0.770. The van der Waals surface area contributed by atoms with E-state index in [2.05, 4.69) is 10.9 Å². The Bertz CT molecular complexity index is 890. The lowest BCUT2D eigenvalue weighted by molar-refractivity contribution is 0.0911. The van der Waals surface area contributed by atoms with Crippen LogP contribution in [0.5, 0.6) is 11.5 Å². The molecule has 0 unspecified atom stereocenters. The summed E-state index contributed by atoms with van der Waals surface area (Å²) in [5, 5.41) is 0.771. The molecular formula is C19H17Cl2N3O3. The Morgan fingerprint density at radius 1 is 1.26 bits per heavy atom. The summed E-state index contributed by atoms with van der Waals surface area (Å²) in [7, 11) is 0. The molecule has 0 bridgehead atoms. The van der Waals surface area contributed by atoms with Crippen molar-refractivity contribution < 1.29 is 14.3 Å². The second kappa shape index (κ2) is 8.38. The predicted molar refractivity (Wildman–Crippen MR) is 105 cm³/mol. The molecule has 2 aromatic rings. The van der Waals surface area contributed by atoms with Crippen LogP contribution in [-0.2, 0) is 4.74 Å². The highest BCUT2D eigenvalue weighted by Gasteiger charge is 2.25. The molecule has 3 rings (SSSR count). The van der Waals surface area contributed by atoms with Crippen LogP contribution in [0.4, 0.5) is 10.6 Å². The molecular weight excluding hydrogens is 389 g/mol. The van der Waals surface area contributed by atoms with Crippen molar-refractivity contribution >= 4 is 35.1 Å². The monoisotopic (exact) mass is 405 g/mol. The molecule has 0 saturated carbocycles. The summed E-state index contributed by atoms with van der Waals surface area (Å²) in [5.41, 5.74) is 5.73. The van der Waals surface area contributed by atoms with Gasteiger partial charge in [0.1, 0.15) is 16.9 Å². The molecule has 140 valence electrons. The van der Waals surface area contributed by atoms with Gasteiger partial charge in [-0.25, -0.2) is 9.78 Å². The third-order valence-corrected chi connectivity index (χ3v) is 4.83. The number of carbonyl (C=O) groups excluding carboxylic acids is 1. The third-order valence-electron chi connectivity index (χ3n) is 4.18. The van der Waals surface area contributed by atoms with Crippen LogP contribution in [0.3, 0.4) is 0 Å². The molecule has 1 amide bonds. The number of pyridine rings is 1. The molecule has 1 aromatic heterocycles. The molecule has 1 fully saturated rings. The first kappa shape index (κ1) is 19.2. The van der Waals surface area contributed by atoms with Gasteiger partial charge in [0.15, 0.2) is 11.6 Å². The Kier molecular flexibility index (Phi) is 5.94. The Labute approximate surface area is 167 Å². The average molecular weight is 406 g/mol. The van der Waals surface area contributed by atoms with Crippen molar-refractivity contribution in [2.24, 2.45) is 5.73 Å². The molecule has 0 spiro atoms. The molecule has 1 saturated heterocycles. The van der Waals surface area contributed by atoms with Gasteiger partial charge in [0, 0.05) is 43.8 Å². The van der Waals surface area contributed by atoms with Gasteiger partial charge in [0.2, 0.25) is 0 Å². The van der Waals surface area contributed by atoms with Crippen LogP contribution in [-0.4, -0.2) is 30.3 Å². The van der Waals surface area contributed by atoms with Gasteiger partial charge in [-0.1, -0.05) is 29.1 Å². The lowest BCUT2D eigenvalue weighted by atomic mass is 10.1. The van der Waals surface area contributed by atoms with Crippen molar-refractivity contribution in [1.29, 1.82) is 0 Å². The first-order valence-electron chi connectivity index (χ1n) is 8.27. The largest absolute Gasteiger partial charge is 0.454 e. The van der Waals surface area contributed by atoms with E-state index in [0.29, 0.717) is 58.9 Å². The summed E-state index contributed by atoms with van der Waals surface area (Å²) in [6.45, 7) is 1.26. The molecule has 1 aliphatic heterocycles. The summed E-state index contributed by atoms with van der Waals surface area (Å²) >= 11 is 12.7. The number of halogens is 2. The molecule has 1 aromatic carbocycles. The van der Waals surface area contributed by atoms with E-state index in [0.717, 1.165) is 0 Å². The van der Waals surface area contributed by atoms with Gasteiger partial charge in [-0.3, -0.25) is 0 Å². The summed E-state index contributed by atoms with van der Waals surface area (Å²) in [5.74, 6) is 4.00. The topological polar surface area (TPSA) is 77.7 Å². The minimum atomic E-state index is -0.757. The van der Waals surface area contributed by atoms with Gasteiger partial charge in [-0.2, -0.15) is 0 Å². The molecule has 0 aliphatic carbocycles. The second-order valence-corrected chi connectivity index (χ2v) is 6.75. The maximum absolute atomic E-state index is 10.9. The summed E-state index contributed by atoms with van der Waals surface area (Å²) in [4.78, 5) is 17.2. The molecule has 2 heterocycles. The van der Waals surface area contributed by atoms with Crippen molar-refractivity contribution in [3.05, 3.63) is 46.1 Å². The van der Waals surface area contributed by atoms with E-state index in [4.69, 9.17) is 44.8 Å². The number of ether oxygens (including phenoxy) is 2. The molecule has 2 N–H and O–H groups in total. The molecule has 6 nitrogen and oxygen atoms in total. The molecule has 1 aliphatic rings. The maximum atomic E-state index is 10.9. The fraction of sp³-hybridized carbons (Fsp3) is 0.263. The van der Waals surface area contributed by atoms with Gasteiger partial charge >= 0.3 is 6.09 Å².